The van der Waals surface area contributed by atoms with E-state index in [1.54, 1.807) is 11.3 Å². The van der Waals surface area contributed by atoms with Crippen molar-refractivity contribution in [3.8, 4) is 0 Å². The zero-order valence-electron chi connectivity index (χ0n) is 9.21. The summed E-state index contributed by atoms with van der Waals surface area (Å²) in [5.41, 5.74) is 0. The van der Waals surface area contributed by atoms with Crippen molar-refractivity contribution >= 4 is 46.6 Å². The third-order valence-corrected chi connectivity index (χ3v) is 4.51. The molecule has 2 radical (unpaired) electrons. The van der Waals surface area contributed by atoms with Gasteiger partial charge in [0.2, 0.25) is 0 Å². The maximum Gasteiger partial charge on any atom is 0.128 e. The topological polar surface area (TPSA) is 0 Å². The van der Waals surface area contributed by atoms with Crippen LogP contribution in [0.25, 0.3) is 0 Å². The van der Waals surface area contributed by atoms with E-state index < -0.39 is 0 Å². The molecule has 0 fully saturated rings. The first-order valence-corrected chi connectivity index (χ1v) is 7.82. The molecule has 0 aliphatic carbocycles. The van der Waals surface area contributed by atoms with Gasteiger partial charge in [-0.2, -0.15) is 11.3 Å². The van der Waals surface area contributed by atoms with Crippen molar-refractivity contribution in [2.75, 3.05) is 0 Å². The van der Waals surface area contributed by atoms with Crippen LogP contribution in [0.15, 0.2) is 52.5 Å². The number of rotatable bonds is 2. The van der Waals surface area contributed by atoms with Crippen LogP contribution in [0.5, 0.6) is 0 Å². The normalized spacial score (nSPS) is 9.65. The highest BCUT2D eigenvalue weighted by molar-refractivity contribution is 7.18. The first-order valence-electron chi connectivity index (χ1n) is 5.18. The second-order valence-corrected chi connectivity index (χ2v) is 6.39. The lowest BCUT2D eigenvalue weighted by Gasteiger charge is -1.90. The molecule has 0 saturated carbocycles. The highest BCUT2D eigenvalue weighted by Gasteiger charge is 1.96. The standard InChI is InChI=1S/C9H8S2.C4H3BS/c1-3-8(10-5-1)7-9-4-2-6-11-9;5-4-2-1-3-6-4/h1-6H,7H2;1-3H. The minimum absolute atomic E-state index is 0.884. The predicted octanol–water partition coefficient (Wildman–Crippen LogP) is 3.94. The number of thiophene rings is 3. The minimum atomic E-state index is 0.884. The van der Waals surface area contributed by atoms with Crippen molar-refractivity contribution in [2.24, 2.45) is 0 Å². The van der Waals surface area contributed by atoms with E-state index >= 15 is 0 Å². The molecule has 0 nitrogen and oxygen atoms in total. The summed E-state index contributed by atoms with van der Waals surface area (Å²) in [5.74, 6) is 0. The molecular formula is C13H11BS3. The quantitative estimate of drug-likeness (QED) is 0.621. The second kappa shape index (κ2) is 6.79. The van der Waals surface area contributed by atoms with Crippen molar-refractivity contribution in [2.45, 2.75) is 6.42 Å². The van der Waals surface area contributed by atoms with Gasteiger partial charge in [0.05, 0.1) is 0 Å². The first kappa shape index (κ1) is 12.6. The Morgan fingerprint density at radius 2 is 1.29 bits per heavy atom. The van der Waals surface area contributed by atoms with Gasteiger partial charge in [-0.05, 0) is 33.0 Å². The van der Waals surface area contributed by atoms with Crippen molar-refractivity contribution in [3.63, 3.8) is 0 Å². The molecule has 0 aliphatic rings. The molecule has 4 heteroatoms. The molecule has 0 amide bonds. The molecule has 3 rings (SSSR count). The average molecular weight is 274 g/mol. The van der Waals surface area contributed by atoms with Gasteiger partial charge in [-0.3, -0.25) is 0 Å². The van der Waals surface area contributed by atoms with Crippen LogP contribution >= 0.6 is 34.0 Å². The SMILES string of the molecule is [B]c1cccs1.c1csc(Cc2cccs2)c1. The van der Waals surface area contributed by atoms with Crippen LogP contribution in [-0.4, -0.2) is 7.85 Å². The summed E-state index contributed by atoms with van der Waals surface area (Å²) in [6, 6.07) is 12.4. The molecule has 0 saturated heterocycles. The monoisotopic (exact) mass is 274 g/mol. The first-order chi connectivity index (χ1) is 8.34. The molecule has 0 atom stereocenters. The van der Waals surface area contributed by atoms with Crippen LogP contribution < -0.4 is 4.78 Å². The van der Waals surface area contributed by atoms with E-state index in [0.717, 1.165) is 11.2 Å². The van der Waals surface area contributed by atoms with Crippen LogP contribution in [0.1, 0.15) is 9.75 Å². The Balaban J connectivity index is 0.000000153. The maximum absolute atomic E-state index is 5.30. The molecule has 0 N–H and O–H groups in total. The zero-order valence-corrected chi connectivity index (χ0v) is 11.7. The largest absolute Gasteiger partial charge is 0.160 e. The molecule has 3 aromatic rings. The van der Waals surface area contributed by atoms with Gasteiger partial charge in [0.15, 0.2) is 0 Å². The summed E-state index contributed by atoms with van der Waals surface area (Å²) in [5, 5.41) is 6.21. The molecular weight excluding hydrogens is 263 g/mol. The molecule has 0 bridgehead atoms. The van der Waals surface area contributed by atoms with Gasteiger partial charge in [-0.1, -0.05) is 24.3 Å². The summed E-state index contributed by atoms with van der Waals surface area (Å²) in [7, 11) is 5.30. The number of hydrogen-bond donors (Lipinski definition) is 0. The minimum Gasteiger partial charge on any atom is -0.160 e. The molecule has 0 unspecified atom stereocenters. The smallest absolute Gasteiger partial charge is 0.128 e. The van der Waals surface area contributed by atoms with Gasteiger partial charge in [-0.25, -0.2) is 0 Å². The van der Waals surface area contributed by atoms with Crippen LogP contribution in [-0.2, 0) is 6.42 Å². The molecule has 17 heavy (non-hydrogen) atoms. The van der Waals surface area contributed by atoms with Crippen LogP contribution in [0.2, 0.25) is 0 Å². The maximum atomic E-state index is 5.30. The Kier molecular flexibility index (Phi) is 5.04. The van der Waals surface area contributed by atoms with E-state index in [-0.39, 0.29) is 0 Å². The van der Waals surface area contributed by atoms with E-state index in [1.807, 2.05) is 40.2 Å². The van der Waals surface area contributed by atoms with E-state index in [2.05, 4.69) is 35.0 Å². The van der Waals surface area contributed by atoms with Gasteiger partial charge in [0.25, 0.3) is 0 Å². The third-order valence-electron chi connectivity index (χ3n) is 2.05. The molecule has 84 valence electrons. The highest BCUT2D eigenvalue weighted by atomic mass is 32.1. The lowest BCUT2D eigenvalue weighted by atomic mass is 10.1. The van der Waals surface area contributed by atoms with Crippen molar-refractivity contribution in [1.29, 1.82) is 0 Å². The molecule has 0 aliphatic heterocycles. The number of hydrogen-bond acceptors (Lipinski definition) is 3. The molecule has 0 spiro atoms. The molecule has 0 aromatic carbocycles. The van der Waals surface area contributed by atoms with Crippen molar-refractivity contribution in [3.05, 3.63) is 62.3 Å². The summed E-state index contributed by atoms with van der Waals surface area (Å²) in [4.78, 5) is 2.90. The lowest BCUT2D eigenvalue weighted by molar-refractivity contribution is 1.31. The fourth-order valence-electron chi connectivity index (χ4n) is 1.29. The zero-order chi connectivity index (χ0) is 11.9. The summed E-state index contributed by atoms with van der Waals surface area (Å²) < 4.78 is 0.884. The van der Waals surface area contributed by atoms with E-state index in [9.17, 15) is 0 Å². The van der Waals surface area contributed by atoms with E-state index in [1.165, 1.54) is 9.75 Å². The molecule has 3 heterocycles. The Labute approximate surface area is 115 Å². The third kappa shape index (κ3) is 4.50. The van der Waals surface area contributed by atoms with Crippen LogP contribution in [0.3, 0.4) is 0 Å². The highest BCUT2D eigenvalue weighted by Crippen LogP contribution is 2.17. The van der Waals surface area contributed by atoms with Gasteiger partial charge >= 0.3 is 0 Å². The fourth-order valence-corrected chi connectivity index (χ4v) is 3.31. The van der Waals surface area contributed by atoms with E-state index in [4.69, 9.17) is 7.85 Å². The van der Waals surface area contributed by atoms with E-state index in [0.29, 0.717) is 0 Å². The Bertz CT molecular complexity index is 463. The Morgan fingerprint density at radius 1 is 0.765 bits per heavy atom. The Hall–Kier alpha value is -0.835. The van der Waals surface area contributed by atoms with Crippen LogP contribution in [0, 0.1) is 0 Å². The average Bonchev–Trinajstić information content (AvgIpc) is 3.02. The van der Waals surface area contributed by atoms with Crippen molar-refractivity contribution < 1.29 is 0 Å². The summed E-state index contributed by atoms with van der Waals surface area (Å²) in [6.07, 6.45) is 1.11. The Morgan fingerprint density at radius 3 is 1.59 bits per heavy atom. The van der Waals surface area contributed by atoms with Crippen LogP contribution in [0.4, 0.5) is 0 Å². The predicted molar refractivity (Wildman–Crippen MR) is 81.2 cm³/mol. The summed E-state index contributed by atoms with van der Waals surface area (Å²) >= 11 is 5.21. The van der Waals surface area contributed by atoms with Gasteiger partial charge < -0.3 is 0 Å². The fraction of sp³-hybridized carbons (Fsp3) is 0.0769. The van der Waals surface area contributed by atoms with Gasteiger partial charge in [-0.15, -0.1) is 22.7 Å². The van der Waals surface area contributed by atoms with Crippen molar-refractivity contribution in [1.82, 2.24) is 0 Å². The van der Waals surface area contributed by atoms with Gasteiger partial charge in [0.1, 0.15) is 7.85 Å². The van der Waals surface area contributed by atoms with Gasteiger partial charge in [0, 0.05) is 16.2 Å². The second-order valence-electron chi connectivity index (χ2n) is 3.35. The molecule has 3 aromatic heterocycles. The lowest BCUT2D eigenvalue weighted by Crippen LogP contribution is -1.88. The summed E-state index contributed by atoms with van der Waals surface area (Å²) in [6.45, 7) is 0.